The van der Waals surface area contributed by atoms with E-state index in [9.17, 15) is 0 Å². The van der Waals surface area contributed by atoms with Crippen molar-refractivity contribution in [2.75, 3.05) is 33.0 Å². The molecule has 0 amide bonds. The first-order valence-corrected chi connectivity index (χ1v) is 6.77. The summed E-state index contributed by atoms with van der Waals surface area (Å²) in [6.45, 7) is 8.60. The highest BCUT2D eigenvalue weighted by Gasteiger charge is 2.30. The van der Waals surface area contributed by atoms with Gasteiger partial charge in [0.2, 0.25) is 0 Å². The summed E-state index contributed by atoms with van der Waals surface area (Å²) in [5.41, 5.74) is 0. The van der Waals surface area contributed by atoms with Crippen LogP contribution in [0.25, 0.3) is 0 Å². The molecule has 3 nitrogen and oxygen atoms in total. The van der Waals surface area contributed by atoms with Crippen molar-refractivity contribution in [3.05, 3.63) is 0 Å². The Labute approximate surface area is 99.9 Å². The molecule has 1 aliphatic carbocycles. The van der Waals surface area contributed by atoms with Gasteiger partial charge in [0.1, 0.15) is 0 Å². The average molecular weight is 229 g/mol. The van der Waals surface area contributed by atoms with Crippen LogP contribution in [0, 0.1) is 5.92 Å². The molecule has 0 aliphatic heterocycles. The minimum absolute atomic E-state index is 0.575. The molecule has 3 heteroatoms. The maximum Gasteiger partial charge on any atom is 0.0701 e. The van der Waals surface area contributed by atoms with E-state index in [1.54, 1.807) is 0 Å². The number of ether oxygens (including phenoxy) is 2. The van der Waals surface area contributed by atoms with Crippen molar-refractivity contribution in [2.24, 2.45) is 5.92 Å². The van der Waals surface area contributed by atoms with Gasteiger partial charge >= 0.3 is 0 Å². The summed E-state index contributed by atoms with van der Waals surface area (Å²) in [4.78, 5) is 0. The van der Waals surface area contributed by atoms with E-state index in [0.29, 0.717) is 6.04 Å². The Balaban J connectivity index is 1.95. The van der Waals surface area contributed by atoms with E-state index in [2.05, 4.69) is 19.2 Å². The molecule has 0 saturated heterocycles. The van der Waals surface area contributed by atoms with E-state index in [0.717, 1.165) is 45.3 Å². The molecule has 0 spiro atoms. The Morgan fingerprint density at radius 1 is 1.06 bits per heavy atom. The lowest BCUT2D eigenvalue weighted by atomic mass is 10.2. The van der Waals surface area contributed by atoms with Crippen LogP contribution in [-0.4, -0.2) is 39.0 Å². The smallest absolute Gasteiger partial charge is 0.0701 e. The summed E-state index contributed by atoms with van der Waals surface area (Å²) in [5, 5.41) is 3.57. The van der Waals surface area contributed by atoms with Gasteiger partial charge in [-0.3, -0.25) is 0 Å². The molecule has 1 saturated carbocycles. The highest BCUT2D eigenvalue weighted by molar-refractivity contribution is 4.86. The van der Waals surface area contributed by atoms with Crippen molar-refractivity contribution in [1.29, 1.82) is 0 Å². The Bertz CT molecular complexity index is 160. The van der Waals surface area contributed by atoms with Gasteiger partial charge in [0.25, 0.3) is 0 Å². The maximum absolute atomic E-state index is 5.65. The van der Waals surface area contributed by atoms with E-state index < -0.39 is 0 Å². The molecule has 16 heavy (non-hydrogen) atoms. The summed E-state index contributed by atoms with van der Waals surface area (Å²) >= 11 is 0. The van der Waals surface area contributed by atoms with Crippen molar-refractivity contribution in [3.8, 4) is 0 Å². The second-order valence-electron chi connectivity index (χ2n) is 4.59. The van der Waals surface area contributed by atoms with Crippen LogP contribution in [0.1, 0.15) is 39.5 Å². The molecule has 1 rings (SSSR count). The number of hydrogen-bond donors (Lipinski definition) is 1. The Hall–Kier alpha value is -0.120. The van der Waals surface area contributed by atoms with Crippen LogP contribution in [-0.2, 0) is 9.47 Å². The fourth-order valence-corrected chi connectivity index (χ4v) is 1.76. The molecule has 0 radical (unpaired) electrons. The van der Waals surface area contributed by atoms with Gasteiger partial charge in [-0.15, -0.1) is 0 Å². The van der Waals surface area contributed by atoms with Gasteiger partial charge in [-0.1, -0.05) is 13.8 Å². The Morgan fingerprint density at radius 3 is 2.44 bits per heavy atom. The van der Waals surface area contributed by atoms with Gasteiger partial charge in [0.15, 0.2) is 0 Å². The highest BCUT2D eigenvalue weighted by Crippen LogP contribution is 2.32. The average Bonchev–Trinajstić information content (AvgIpc) is 3.11. The quantitative estimate of drug-likeness (QED) is 0.551. The topological polar surface area (TPSA) is 30.5 Å². The normalized spacial score (nSPS) is 17.6. The molecular weight excluding hydrogens is 202 g/mol. The highest BCUT2D eigenvalue weighted by atomic mass is 16.5. The summed E-state index contributed by atoms with van der Waals surface area (Å²) in [6.07, 6.45) is 5.03. The van der Waals surface area contributed by atoms with Crippen LogP contribution in [0.15, 0.2) is 0 Å². The van der Waals surface area contributed by atoms with Crippen molar-refractivity contribution in [1.82, 2.24) is 5.32 Å². The third-order valence-corrected chi connectivity index (χ3v) is 2.87. The van der Waals surface area contributed by atoms with E-state index in [-0.39, 0.29) is 0 Å². The van der Waals surface area contributed by atoms with Crippen molar-refractivity contribution < 1.29 is 9.47 Å². The third-order valence-electron chi connectivity index (χ3n) is 2.87. The predicted molar refractivity (Wildman–Crippen MR) is 66.7 cm³/mol. The van der Waals surface area contributed by atoms with Crippen LogP contribution >= 0.6 is 0 Å². The van der Waals surface area contributed by atoms with Crippen LogP contribution in [0.2, 0.25) is 0 Å². The summed E-state index contributed by atoms with van der Waals surface area (Å²) < 4.78 is 11.0. The number of nitrogens with one attached hydrogen (secondary N) is 1. The summed E-state index contributed by atoms with van der Waals surface area (Å²) in [7, 11) is 0. The van der Waals surface area contributed by atoms with Gasteiger partial charge in [-0.25, -0.2) is 0 Å². The molecule has 0 aromatic carbocycles. The second-order valence-corrected chi connectivity index (χ2v) is 4.59. The minimum Gasteiger partial charge on any atom is -0.379 e. The van der Waals surface area contributed by atoms with Gasteiger partial charge < -0.3 is 14.8 Å². The molecule has 0 bridgehead atoms. The number of hydrogen-bond acceptors (Lipinski definition) is 3. The standard InChI is InChI=1S/C13H27NO2/c1-3-7-14-13(12-5-6-12)11-16-10-9-15-8-4-2/h12-14H,3-11H2,1-2H3. The zero-order valence-corrected chi connectivity index (χ0v) is 10.8. The predicted octanol–water partition coefficient (Wildman–Crippen LogP) is 2.21. The lowest BCUT2D eigenvalue weighted by Gasteiger charge is -2.17. The van der Waals surface area contributed by atoms with E-state index in [1.807, 2.05) is 0 Å². The Morgan fingerprint density at radius 2 is 1.81 bits per heavy atom. The first-order chi connectivity index (χ1) is 7.88. The van der Waals surface area contributed by atoms with Crippen molar-refractivity contribution >= 4 is 0 Å². The lowest BCUT2D eigenvalue weighted by Crippen LogP contribution is -2.36. The molecule has 1 aliphatic rings. The molecule has 0 aromatic heterocycles. The molecule has 1 N–H and O–H groups in total. The lowest BCUT2D eigenvalue weighted by molar-refractivity contribution is 0.0370. The molecule has 1 fully saturated rings. The third kappa shape index (κ3) is 6.46. The summed E-state index contributed by atoms with van der Waals surface area (Å²) in [5.74, 6) is 0.864. The molecule has 1 unspecified atom stereocenters. The second kappa shape index (κ2) is 8.97. The van der Waals surface area contributed by atoms with Gasteiger partial charge in [0.05, 0.1) is 19.8 Å². The Kier molecular flexibility index (Phi) is 7.81. The molecule has 0 aromatic rings. The molecule has 96 valence electrons. The van der Waals surface area contributed by atoms with Crippen LogP contribution in [0.4, 0.5) is 0 Å². The fourth-order valence-electron chi connectivity index (χ4n) is 1.76. The van der Waals surface area contributed by atoms with E-state index in [1.165, 1.54) is 19.3 Å². The maximum atomic E-state index is 5.65. The zero-order chi connectivity index (χ0) is 11.6. The molecular formula is C13H27NO2. The first kappa shape index (κ1) is 13.9. The van der Waals surface area contributed by atoms with Crippen LogP contribution in [0.5, 0.6) is 0 Å². The van der Waals surface area contributed by atoms with Crippen LogP contribution < -0.4 is 5.32 Å². The fraction of sp³-hybridized carbons (Fsp3) is 1.00. The molecule has 1 atom stereocenters. The zero-order valence-electron chi connectivity index (χ0n) is 10.8. The van der Waals surface area contributed by atoms with Gasteiger partial charge in [-0.2, -0.15) is 0 Å². The largest absolute Gasteiger partial charge is 0.379 e. The van der Waals surface area contributed by atoms with E-state index in [4.69, 9.17) is 9.47 Å². The summed E-state index contributed by atoms with van der Waals surface area (Å²) in [6, 6.07) is 0.575. The first-order valence-electron chi connectivity index (χ1n) is 6.77. The van der Waals surface area contributed by atoms with Crippen LogP contribution in [0.3, 0.4) is 0 Å². The van der Waals surface area contributed by atoms with Crippen molar-refractivity contribution in [3.63, 3.8) is 0 Å². The van der Waals surface area contributed by atoms with Gasteiger partial charge in [-0.05, 0) is 38.1 Å². The van der Waals surface area contributed by atoms with Gasteiger partial charge in [0, 0.05) is 12.6 Å². The minimum atomic E-state index is 0.575. The molecule has 0 heterocycles. The SMILES string of the molecule is CCCNC(COCCOCCC)C1CC1. The van der Waals surface area contributed by atoms with Crippen molar-refractivity contribution in [2.45, 2.75) is 45.6 Å². The number of rotatable bonds is 11. The van der Waals surface area contributed by atoms with E-state index >= 15 is 0 Å². The monoisotopic (exact) mass is 229 g/mol.